The van der Waals surface area contributed by atoms with Gasteiger partial charge in [-0.1, -0.05) is 96.6 Å². The molecule has 0 radical (unpaired) electrons. The molecule has 0 fully saturated rings. The standard InChI is InChI=1S/C25H44N2/c1-5-9-11-16-20-26-24(8-4)23(7-3)25(22-18-14-13-15-19-22)27-21-17-12-10-6-2/h13-15,18-19,23-24,26H,5-12,16-17,20-21H2,1-4H3. The predicted octanol–water partition coefficient (Wildman–Crippen LogP) is 7.03. The molecule has 1 aromatic carbocycles. The summed E-state index contributed by atoms with van der Waals surface area (Å²) in [4.78, 5) is 5.14. The fourth-order valence-electron chi connectivity index (χ4n) is 3.85. The number of unbranched alkanes of at least 4 members (excludes halogenated alkanes) is 6. The van der Waals surface area contributed by atoms with Crippen LogP contribution in [0.4, 0.5) is 0 Å². The molecule has 1 rings (SSSR count). The number of benzene rings is 1. The molecule has 0 spiro atoms. The molecule has 2 unspecified atom stereocenters. The summed E-state index contributed by atoms with van der Waals surface area (Å²) in [7, 11) is 0. The minimum absolute atomic E-state index is 0.495. The van der Waals surface area contributed by atoms with E-state index in [1.807, 2.05) is 0 Å². The number of nitrogens with one attached hydrogen (secondary N) is 1. The molecule has 2 atom stereocenters. The van der Waals surface area contributed by atoms with E-state index >= 15 is 0 Å². The molecular weight excluding hydrogens is 328 g/mol. The van der Waals surface area contributed by atoms with Crippen LogP contribution in [0.5, 0.6) is 0 Å². The molecule has 0 saturated carbocycles. The summed E-state index contributed by atoms with van der Waals surface area (Å²) >= 11 is 0. The first-order chi connectivity index (χ1) is 13.3. The van der Waals surface area contributed by atoms with Gasteiger partial charge >= 0.3 is 0 Å². The quantitative estimate of drug-likeness (QED) is 0.244. The van der Waals surface area contributed by atoms with Gasteiger partial charge in [-0.05, 0) is 37.8 Å². The van der Waals surface area contributed by atoms with Gasteiger partial charge in [0.2, 0.25) is 0 Å². The third kappa shape index (κ3) is 9.55. The van der Waals surface area contributed by atoms with Crippen LogP contribution in [0, 0.1) is 5.92 Å². The summed E-state index contributed by atoms with van der Waals surface area (Å²) in [6.07, 6.45) is 12.7. The minimum atomic E-state index is 0.495. The van der Waals surface area contributed by atoms with Crippen LogP contribution in [-0.2, 0) is 0 Å². The Morgan fingerprint density at radius 2 is 1.48 bits per heavy atom. The molecule has 2 heteroatoms. The Labute approximate surface area is 169 Å². The second-order valence-electron chi connectivity index (χ2n) is 7.74. The molecule has 0 bridgehead atoms. The smallest absolute Gasteiger partial charge is 0.0466 e. The van der Waals surface area contributed by atoms with Gasteiger partial charge < -0.3 is 5.32 Å². The van der Waals surface area contributed by atoms with E-state index in [4.69, 9.17) is 4.99 Å². The number of rotatable bonds is 16. The van der Waals surface area contributed by atoms with Crippen LogP contribution in [-0.4, -0.2) is 24.8 Å². The summed E-state index contributed by atoms with van der Waals surface area (Å²) < 4.78 is 0. The van der Waals surface area contributed by atoms with E-state index in [2.05, 4.69) is 63.3 Å². The van der Waals surface area contributed by atoms with Crippen LogP contribution in [0.1, 0.15) is 97.5 Å². The maximum absolute atomic E-state index is 5.14. The first-order valence-corrected chi connectivity index (χ1v) is 11.6. The van der Waals surface area contributed by atoms with E-state index in [-0.39, 0.29) is 0 Å². The fraction of sp³-hybridized carbons (Fsp3) is 0.720. The molecule has 154 valence electrons. The van der Waals surface area contributed by atoms with E-state index < -0.39 is 0 Å². The van der Waals surface area contributed by atoms with E-state index in [0.717, 1.165) is 25.9 Å². The van der Waals surface area contributed by atoms with Gasteiger partial charge in [-0.25, -0.2) is 0 Å². The Balaban J connectivity index is 2.82. The molecule has 1 aromatic rings. The number of hydrogen-bond donors (Lipinski definition) is 1. The van der Waals surface area contributed by atoms with Gasteiger partial charge in [0.25, 0.3) is 0 Å². The number of aliphatic imine (C=N–C) groups is 1. The Hall–Kier alpha value is -1.15. The van der Waals surface area contributed by atoms with Gasteiger partial charge in [0.15, 0.2) is 0 Å². The zero-order valence-electron chi connectivity index (χ0n) is 18.5. The van der Waals surface area contributed by atoms with Gasteiger partial charge in [-0.15, -0.1) is 0 Å². The van der Waals surface area contributed by atoms with Crippen LogP contribution in [0.25, 0.3) is 0 Å². The van der Waals surface area contributed by atoms with Crippen molar-refractivity contribution in [2.75, 3.05) is 13.1 Å². The lowest BCUT2D eigenvalue weighted by Crippen LogP contribution is -2.40. The highest BCUT2D eigenvalue weighted by Gasteiger charge is 2.24. The molecule has 0 aliphatic carbocycles. The zero-order chi connectivity index (χ0) is 19.7. The van der Waals surface area contributed by atoms with Crippen molar-refractivity contribution in [1.29, 1.82) is 0 Å². The predicted molar refractivity (Wildman–Crippen MR) is 122 cm³/mol. The van der Waals surface area contributed by atoms with Crippen molar-refractivity contribution in [2.24, 2.45) is 10.9 Å². The van der Waals surface area contributed by atoms with Gasteiger partial charge in [0, 0.05) is 24.2 Å². The minimum Gasteiger partial charge on any atom is -0.313 e. The SMILES string of the molecule is CCCCCCN=C(c1ccccc1)C(CC)C(CC)NCCCCCC. The highest BCUT2D eigenvalue weighted by atomic mass is 14.9. The molecule has 1 N–H and O–H groups in total. The van der Waals surface area contributed by atoms with Gasteiger partial charge in [0.05, 0.1) is 0 Å². The molecule has 0 aliphatic heterocycles. The maximum atomic E-state index is 5.14. The molecule has 0 aliphatic rings. The fourth-order valence-corrected chi connectivity index (χ4v) is 3.85. The van der Waals surface area contributed by atoms with Gasteiger partial charge in [0.1, 0.15) is 0 Å². The number of hydrogen-bond acceptors (Lipinski definition) is 2. The Bertz CT molecular complexity index is 480. The molecule has 27 heavy (non-hydrogen) atoms. The van der Waals surface area contributed by atoms with Crippen molar-refractivity contribution < 1.29 is 0 Å². The summed E-state index contributed by atoms with van der Waals surface area (Å²) in [5.41, 5.74) is 2.63. The van der Waals surface area contributed by atoms with Crippen molar-refractivity contribution in [3.8, 4) is 0 Å². The first kappa shape index (κ1) is 23.9. The summed E-state index contributed by atoms with van der Waals surface area (Å²) in [5, 5.41) is 3.86. The average molecular weight is 373 g/mol. The van der Waals surface area contributed by atoms with Crippen molar-refractivity contribution in [3.63, 3.8) is 0 Å². The third-order valence-corrected chi connectivity index (χ3v) is 5.52. The highest BCUT2D eigenvalue weighted by Crippen LogP contribution is 2.20. The first-order valence-electron chi connectivity index (χ1n) is 11.6. The molecule has 2 nitrogen and oxygen atoms in total. The summed E-state index contributed by atoms with van der Waals surface area (Å²) in [6, 6.07) is 11.4. The summed E-state index contributed by atoms with van der Waals surface area (Å²) in [6.45, 7) is 11.3. The van der Waals surface area contributed by atoms with E-state index in [1.54, 1.807) is 0 Å². The largest absolute Gasteiger partial charge is 0.313 e. The lowest BCUT2D eigenvalue weighted by molar-refractivity contribution is 0.400. The monoisotopic (exact) mass is 372 g/mol. The Morgan fingerprint density at radius 1 is 0.815 bits per heavy atom. The van der Waals surface area contributed by atoms with Gasteiger partial charge in [-0.2, -0.15) is 0 Å². The molecule has 0 amide bonds. The van der Waals surface area contributed by atoms with Crippen molar-refractivity contribution >= 4 is 5.71 Å². The summed E-state index contributed by atoms with van der Waals surface area (Å²) in [5.74, 6) is 0.495. The van der Waals surface area contributed by atoms with Crippen LogP contribution in [0.3, 0.4) is 0 Å². The van der Waals surface area contributed by atoms with Crippen molar-refractivity contribution in [2.45, 2.75) is 97.9 Å². The number of nitrogens with zero attached hydrogens (tertiary/aromatic N) is 1. The van der Waals surface area contributed by atoms with Crippen molar-refractivity contribution in [1.82, 2.24) is 5.32 Å². The zero-order valence-corrected chi connectivity index (χ0v) is 18.5. The highest BCUT2D eigenvalue weighted by molar-refractivity contribution is 6.02. The van der Waals surface area contributed by atoms with Crippen molar-refractivity contribution in [3.05, 3.63) is 35.9 Å². The molecule has 0 aromatic heterocycles. The van der Waals surface area contributed by atoms with E-state index in [9.17, 15) is 0 Å². The average Bonchev–Trinajstić information content (AvgIpc) is 2.71. The Morgan fingerprint density at radius 3 is 2.07 bits per heavy atom. The van der Waals surface area contributed by atoms with E-state index in [0.29, 0.717) is 12.0 Å². The lowest BCUT2D eigenvalue weighted by Gasteiger charge is -2.28. The molecule has 0 saturated heterocycles. The van der Waals surface area contributed by atoms with Crippen LogP contribution >= 0.6 is 0 Å². The molecular formula is C25H44N2. The molecule has 0 heterocycles. The topological polar surface area (TPSA) is 24.4 Å². The second kappa shape index (κ2) is 15.9. The van der Waals surface area contributed by atoms with E-state index in [1.165, 1.54) is 62.6 Å². The van der Waals surface area contributed by atoms with Crippen LogP contribution in [0.2, 0.25) is 0 Å². The normalized spacial score (nSPS) is 14.3. The third-order valence-electron chi connectivity index (χ3n) is 5.52. The lowest BCUT2D eigenvalue weighted by atomic mass is 9.86. The van der Waals surface area contributed by atoms with Crippen LogP contribution in [0.15, 0.2) is 35.3 Å². The second-order valence-corrected chi connectivity index (χ2v) is 7.74. The maximum Gasteiger partial charge on any atom is 0.0466 e. The Kier molecular flexibility index (Phi) is 14.0. The van der Waals surface area contributed by atoms with Crippen LogP contribution < -0.4 is 5.32 Å². The van der Waals surface area contributed by atoms with Gasteiger partial charge in [-0.3, -0.25) is 4.99 Å².